The van der Waals surface area contributed by atoms with E-state index < -0.39 is 17.8 Å². The van der Waals surface area contributed by atoms with Crippen molar-refractivity contribution in [1.82, 2.24) is 4.90 Å². The molecule has 1 heterocycles. The number of alkyl halides is 3. The molecule has 1 unspecified atom stereocenters. The van der Waals surface area contributed by atoms with E-state index >= 15 is 0 Å². The Hall–Kier alpha value is -1.76. The first-order valence-electron chi connectivity index (χ1n) is 6.11. The van der Waals surface area contributed by atoms with Crippen LogP contribution in [0.15, 0.2) is 24.3 Å². The first kappa shape index (κ1) is 14.6. The number of hydrogen-bond donors (Lipinski definition) is 1. The zero-order valence-corrected chi connectivity index (χ0v) is 10.6. The molecule has 7 heteroatoms. The number of nitrogens with zero attached hydrogens (tertiary/aromatic N) is 1. The fraction of sp³-hybridized carbons (Fsp3) is 0.462. The summed E-state index contributed by atoms with van der Waals surface area (Å²) in [5.41, 5.74) is -0.254. The van der Waals surface area contributed by atoms with Gasteiger partial charge in [-0.25, -0.2) is 4.79 Å². The van der Waals surface area contributed by atoms with Gasteiger partial charge in [-0.2, -0.15) is 13.2 Å². The van der Waals surface area contributed by atoms with Gasteiger partial charge >= 0.3 is 12.3 Å². The first-order valence-corrected chi connectivity index (χ1v) is 6.11. The summed E-state index contributed by atoms with van der Waals surface area (Å²) in [4.78, 5) is 12.7. The van der Waals surface area contributed by atoms with Crippen molar-refractivity contribution in [3.05, 3.63) is 35.4 Å². The number of benzene rings is 1. The predicted octanol–water partition coefficient (Wildman–Crippen LogP) is 2.23. The topological polar surface area (TPSA) is 49.8 Å². The van der Waals surface area contributed by atoms with Crippen molar-refractivity contribution in [3.8, 4) is 0 Å². The quantitative estimate of drug-likeness (QED) is 0.928. The van der Waals surface area contributed by atoms with E-state index in [-0.39, 0.29) is 32.2 Å². The van der Waals surface area contributed by atoms with Crippen LogP contribution >= 0.6 is 0 Å². The van der Waals surface area contributed by atoms with Crippen molar-refractivity contribution in [2.75, 3.05) is 26.3 Å². The highest BCUT2D eigenvalue weighted by atomic mass is 19.4. The van der Waals surface area contributed by atoms with E-state index in [1.54, 1.807) is 6.07 Å². The predicted molar refractivity (Wildman–Crippen MR) is 64.2 cm³/mol. The summed E-state index contributed by atoms with van der Waals surface area (Å²) in [5.74, 6) is -0.332. The van der Waals surface area contributed by atoms with Crippen LogP contribution in [0.4, 0.5) is 18.0 Å². The fourth-order valence-corrected chi connectivity index (χ4v) is 2.13. The largest absolute Gasteiger partial charge is 0.449 e. The van der Waals surface area contributed by atoms with E-state index in [4.69, 9.17) is 9.84 Å². The van der Waals surface area contributed by atoms with Crippen LogP contribution in [0.2, 0.25) is 0 Å². The first-order chi connectivity index (χ1) is 9.41. The van der Waals surface area contributed by atoms with Crippen molar-refractivity contribution in [2.45, 2.75) is 12.1 Å². The Bertz CT molecular complexity index is 490. The van der Waals surface area contributed by atoms with Crippen LogP contribution in [0.5, 0.6) is 0 Å². The second kappa shape index (κ2) is 5.70. The van der Waals surface area contributed by atoms with E-state index in [0.29, 0.717) is 5.56 Å². The molecule has 0 radical (unpaired) electrons. The number of β-amino-alcohol motifs (C(OH)–C–C–N with tert-alkyl or cyclic N) is 1. The molecule has 4 nitrogen and oxygen atoms in total. The van der Waals surface area contributed by atoms with Crippen LogP contribution in [-0.4, -0.2) is 42.4 Å². The number of amides is 1. The average Bonchev–Trinajstić information content (AvgIpc) is 2.41. The maximum atomic E-state index is 12.7. The minimum Gasteiger partial charge on any atom is -0.449 e. The van der Waals surface area contributed by atoms with Crippen molar-refractivity contribution in [1.29, 1.82) is 0 Å². The summed E-state index contributed by atoms with van der Waals surface area (Å²) in [6.45, 7) is 0.168. The van der Waals surface area contributed by atoms with E-state index in [1.165, 1.54) is 11.0 Å². The lowest BCUT2D eigenvalue weighted by Crippen LogP contribution is -2.43. The number of halogens is 3. The van der Waals surface area contributed by atoms with Crippen LogP contribution in [0.25, 0.3) is 0 Å². The molecule has 0 bridgehead atoms. The minimum atomic E-state index is -4.40. The highest BCUT2D eigenvalue weighted by Gasteiger charge is 2.32. The maximum Gasteiger partial charge on any atom is 0.416 e. The van der Waals surface area contributed by atoms with E-state index in [1.807, 2.05) is 0 Å². The molecule has 0 aromatic heterocycles. The summed E-state index contributed by atoms with van der Waals surface area (Å²) in [5, 5.41) is 8.85. The van der Waals surface area contributed by atoms with Crippen molar-refractivity contribution >= 4 is 6.09 Å². The molecule has 1 aliphatic heterocycles. The standard InChI is InChI=1S/C13H14F3NO3/c14-13(15,16)11-3-1-2-9(6-11)10-7-17(4-5-18)12(19)20-8-10/h1-3,6,10,18H,4-5,7-8H2. The lowest BCUT2D eigenvalue weighted by molar-refractivity contribution is -0.137. The normalized spacial score (nSPS) is 19.9. The molecule has 20 heavy (non-hydrogen) atoms. The van der Waals surface area contributed by atoms with Gasteiger partial charge in [-0.1, -0.05) is 18.2 Å². The molecule has 1 aromatic rings. The number of aliphatic hydroxyl groups excluding tert-OH is 1. The Labute approximate surface area is 113 Å². The van der Waals surface area contributed by atoms with E-state index in [0.717, 1.165) is 12.1 Å². The van der Waals surface area contributed by atoms with E-state index in [2.05, 4.69) is 0 Å². The molecular weight excluding hydrogens is 275 g/mol. The van der Waals surface area contributed by atoms with Gasteiger partial charge in [0.15, 0.2) is 0 Å². The zero-order valence-electron chi connectivity index (χ0n) is 10.6. The number of aliphatic hydroxyl groups is 1. The minimum absolute atomic E-state index is 0.0437. The molecule has 1 N–H and O–H groups in total. The molecule has 2 rings (SSSR count). The molecule has 1 amide bonds. The third kappa shape index (κ3) is 3.22. The third-order valence-electron chi connectivity index (χ3n) is 3.16. The van der Waals surface area contributed by atoms with Crippen molar-refractivity contribution in [3.63, 3.8) is 0 Å². The lowest BCUT2D eigenvalue weighted by atomic mass is 9.96. The second-order valence-corrected chi connectivity index (χ2v) is 4.57. The number of ether oxygens (including phenoxy) is 1. The third-order valence-corrected chi connectivity index (χ3v) is 3.16. The van der Waals surface area contributed by atoms with Gasteiger partial charge in [0.25, 0.3) is 0 Å². The van der Waals surface area contributed by atoms with Gasteiger partial charge in [0.1, 0.15) is 6.61 Å². The molecule has 1 aliphatic rings. The SMILES string of the molecule is O=C1OCC(c2cccc(C(F)(F)F)c2)CN1CCO. The summed E-state index contributed by atoms with van der Waals surface area (Å²) >= 11 is 0. The van der Waals surface area contributed by atoms with Gasteiger partial charge in [0.05, 0.1) is 12.2 Å². The fourth-order valence-electron chi connectivity index (χ4n) is 2.13. The summed E-state index contributed by atoms with van der Waals surface area (Å²) < 4.78 is 42.9. The summed E-state index contributed by atoms with van der Waals surface area (Å²) in [7, 11) is 0. The Kier molecular flexibility index (Phi) is 4.17. The number of hydrogen-bond acceptors (Lipinski definition) is 3. The monoisotopic (exact) mass is 289 g/mol. The average molecular weight is 289 g/mol. The molecular formula is C13H14F3NO3. The van der Waals surface area contributed by atoms with Gasteiger partial charge in [0.2, 0.25) is 0 Å². The maximum absolute atomic E-state index is 12.7. The van der Waals surface area contributed by atoms with Gasteiger partial charge in [-0.3, -0.25) is 0 Å². The summed E-state index contributed by atoms with van der Waals surface area (Å²) in [6, 6.07) is 4.99. The molecule has 1 fully saturated rings. The number of carbonyl (C=O) groups excluding carboxylic acids is 1. The number of carbonyl (C=O) groups is 1. The lowest BCUT2D eigenvalue weighted by Gasteiger charge is -2.32. The molecule has 110 valence electrons. The zero-order chi connectivity index (χ0) is 14.8. The molecule has 1 saturated heterocycles. The van der Waals surface area contributed by atoms with Crippen LogP contribution in [0.1, 0.15) is 17.0 Å². The van der Waals surface area contributed by atoms with Crippen LogP contribution in [0.3, 0.4) is 0 Å². The number of rotatable bonds is 3. The van der Waals surface area contributed by atoms with Gasteiger partial charge in [0, 0.05) is 19.0 Å². The van der Waals surface area contributed by atoms with Crippen molar-refractivity contribution in [2.24, 2.45) is 0 Å². The highest BCUT2D eigenvalue weighted by molar-refractivity contribution is 5.68. The highest BCUT2D eigenvalue weighted by Crippen LogP contribution is 2.32. The van der Waals surface area contributed by atoms with Gasteiger partial charge < -0.3 is 14.7 Å². The Balaban J connectivity index is 2.17. The number of cyclic esters (lactones) is 1. The Morgan fingerprint density at radius 2 is 2.15 bits per heavy atom. The molecule has 0 aliphatic carbocycles. The molecule has 1 atom stereocenters. The summed E-state index contributed by atoms with van der Waals surface area (Å²) in [6.07, 6.45) is -4.95. The van der Waals surface area contributed by atoms with Crippen molar-refractivity contribution < 1.29 is 27.8 Å². The van der Waals surface area contributed by atoms with E-state index in [9.17, 15) is 18.0 Å². The Morgan fingerprint density at radius 1 is 1.40 bits per heavy atom. The van der Waals surface area contributed by atoms with Crippen LogP contribution in [-0.2, 0) is 10.9 Å². The second-order valence-electron chi connectivity index (χ2n) is 4.57. The molecule has 0 saturated carbocycles. The Morgan fingerprint density at radius 3 is 2.80 bits per heavy atom. The van der Waals surface area contributed by atoms with Crippen LogP contribution < -0.4 is 0 Å². The van der Waals surface area contributed by atoms with Crippen LogP contribution in [0, 0.1) is 0 Å². The molecule has 0 spiro atoms. The van der Waals surface area contributed by atoms with Gasteiger partial charge in [-0.15, -0.1) is 0 Å². The smallest absolute Gasteiger partial charge is 0.416 e. The van der Waals surface area contributed by atoms with Gasteiger partial charge in [-0.05, 0) is 11.6 Å². The molecule has 1 aromatic carbocycles.